The lowest BCUT2D eigenvalue weighted by Gasteiger charge is -2.32. The average Bonchev–Trinajstić information content (AvgIpc) is 3.24. The molecule has 4 aromatic rings. The molecule has 0 unspecified atom stereocenters. The zero-order chi connectivity index (χ0) is 24.5. The maximum Gasteiger partial charge on any atom is 0.141 e. The van der Waals surface area contributed by atoms with E-state index < -0.39 is 0 Å². The molecule has 0 spiro atoms. The van der Waals surface area contributed by atoms with Crippen molar-refractivity contribution in [3.05, 3.63) is 64.3 Å². The third-order valence-corrected chi connectivity index (χ3v) is 8.33. The SMILES string of the molecule is Cc1c(-c2c(-c3ccc(F)cc3)sc3ncnc(Cl)c23)ccc(OCCN2CCN(C)CC2)c1Cl. The highest BCUT2D eigenvalue weighted by Crippen LogP contribution is 2.48. The van der Waals surface area contributed by atoms with Gasteiger partial charge in [0.25, 0.3) is 0 Å². The van der Waals surface area contributed by atoms with Crippen LogP contribution in [0.15, 0.2) is 42.7 Å². The number of thiophene rings is 1. The number of hydrogen-bond donors (Lipinski definition) is 0. The molecule has 0 bridgehead atoms. The Kier molecular flexibility index (Phi) is 7.23. The van der Waals surface area contributed by atoms with Crippen LogP contribution >= 0.6 is 34.5 Å². The molecule has 0 N–H and O–H groups in total. The quantitative estimate of drug-likeness (QED) is 0.269. The second-order valence-electron chi connectivity index (χ2n) is 8.70. The minimum absolute atomic E-state index is 0.286. The molecular formula is C26H25Cl2FN4OS. The van der Waals surface area contributed by atoms with Crippen molar-refractivity contribution in [3.8, 4) is 27.3 Å². The molecule has 5 rings (SSSR count). The first kappa shape index (κ1) is 24.4. The van der Waals surface area contributed by atoms with E-state index in [0.717, 1.165) is 70.1 Å². The Balaban J connectivity index is 1.48. The smallest absolute Gasteiger partial charge is 0.141 e. The number of rotatable bonds is 6. The summed E-state index contributed by atoms with van der Waals surface area (Å²) in [5, 5.41) is 1.71. The van der Waals surface area contributed by atoms with Gasteiger partial charge in [0.05, 0.1) is 10.4 Å². The first-order valence-electron chi connectivity index (χ1n) is 11.4. The summed E-state index contributed by atoms with van der Waals surface area (Å²) in [7, 11) is 2.15. The van der Waals surface area contributed by atoms with Gasteiger partial charge in [-0.3, -0.25) is 4.90 Å². The van der Waals surface area contributed by atoms with Crippen molar-refractivity contribution in [1.29, 1.82) is 0 Å². The standard InChI is InChI=1S/C26H25Cl2FN4OS/c1-16-19(7-8-20(23(16)27)34-14-13-33-11-9-32(2)10-12-33)21-22-25(28)30-15-31-26(22)35-24(21)17-3-5-18(29)6-4-17/h3-8,15H,9-14H2,1-2H3. The fourth-order valence-electron chi connectivity index (χ4n) is 4.36. The highest BCUT2D eigenvalue weighted by Gasteiger charge is 2.23. The summed E-state index contributed by atoms with van der Waals surface area (Å²) in [4.78, 5) is 15.1. The van der Waals surface area contributed by atoms with Crippen LogP contribution < -0.4 is 4.74 Å². The van der Waals surface area contributed by atoms with E-state index in [1.165, 1.54) is 29.8 Å². The second kappa shape index (κ2) is 10.4. The molecule has 0 amide bonds. The number of hydrogen-bond acceptors (Lipinski definition) is 6. The number of halogens is 3. The molecule has 1 aliphatic rings. The van der Waals surface area contributed by atoms with Crippen LogP contribution in [-0.4, -0.2) is 66.1 Å². The lowest BCUT2D eigenvalue weighted by Crippen LogP contribution is -2.45. The number of aromatic nitrogens is 2. The van der Waals surface area contributed by atoms with Crippen molar-refractivity contribution in [2.24, 2.45) is 0 Å². The van der Waals surface area contributed by atoms with Gasteiger partial charge in [-0.2, -0.15) is 0 Å². The number of nitrogens with zero attached hydrogens (tertiary/aromatic N) is 4. The molecule has 2 aromatic carbocycles. The molecule has 1 fully saturated rings. The fourth-order valence-corrected chi connectivity index (χ4v) is 6.02. The lowest BCUT2D eigenvalue weighted by atomic mass is 9.96. The topological polar surface area (TPSA) is 41.5 Å². The van der Waals surface area contributed by atoms with Crippen LogP contribution in [0.2, 0.25) is 10.2 Å². The summed E-state index contributed by atoms with van der Waals surface area (Å²) < 4.78 is 19.7. The van der Waals surface area contributed by atoms with E-state index in [-0.39, 0.29) is 5.82 Å². The van der Waals surface area contributed by atoms with Crippen molar-refractivity contribution in [1.82, 2.24) is 19.8 Å². The van der Waals surface area contributed by atoms with Crippen molar-refractivity contribution in [2.45, 2.75) is 6.92 Å². The maximum absolute atomic E-state index is 13.6. The second-order valence-corrected chi connectivity index (χ2v) is 10.4. The van der Waals surface area contributed by atoms with Crippen LogP contribution in [0.3, 0.4) is 0 Å². The summed E-state index contributed by atoms with van der Waals surface area (Å²) in [6.45, 7) is 7.65. The number of benzene rings is 2. The van der Waals surface area contributed by atoms with Crippen molar-refractivity contribution in [3.63, 3.8) is 0 Å². The van der Waals surface area contributed by atoms with E-state index in [4.69, 9.17) is 27.9 Å². The highest BCUT2D eigenvalue weighted by atomic mass is 35.5. The summed E-state index contributed by atoms with van der Waals surface area (Å²) >= 11 is 14.9. The molecule has 5 nitrogen and oxygen atoms in total. The van der Waals surface area contributed by atoms with Gasteiger partial charge >= 0.3 is 0 Å². The highest BCUT2D eigenvalue weighted by molar-refractivity contribution is 7.22. The molecule has 182 valence electrons. The number of likely N-dealkylation sites (N-methyl/N-ethyl adjacent to an activating group) is 1. The van der Waals surface area contributed by atoms with Gasteiger partial charge in [0.2, 0.25) is 0 Å². The van der Waals surface area contributed by atoms with Crippen LogP contribution in [0, 0.1) is 12.7 Å². The molecule has 0 radical (unpaired) electrons. The zero-order valence-corrected chi connectivity index (χ0v) is 21.9. The Morgan fingerprint density at radius 1 is 1.03 bits per heavy atom. The van der Waals surface area contributed by atoms with Gasteiger partial charge in [-0.25, -0.2) is 14.4 Å². The maximum atomic E-state index is 13.6. The van der Waals surface area contributed by atoms with Gasteiger partial charge < -0.3 is 9.64 Å². The summed E-state index contributed by atoms with van der Waals surface area (Å²) in [6.07, 6.45) is 1.45. The molecule has 0 aliphatic carbocycles. The Bertz CT molecular complexity index is 1350. The van der Waals surface area contributed by atoms with Crippen molar-refractivity contribution in [2.75, 3.05) is 46.4 Å². The van der Waals surface area contributed by atoms with E-state index in [0.29, 0.717) is 22.5 Å². The normalized spacial score (nSPS) is 15.1. The fraction of sp³-hybridized carbons (Fsp3) is 0.308. The van der Waals surface area contributed by atoms with E-state index in [1.54, 1.807) is 12.1 Å². The Morgan fingerprint density at radius 2 is 1.77 bits per heavy atom. The first-order valence-corrected chi connectivity index (χ1v) is 13.0. The van der Waals surface area contributed by atoms with Crippen LogP contribution in [-0.2, 0) is 0 Å². The van der Waals surface area contributed by atoms with Crippen LogP contribution in [0.1, 0.15) is 5.56 Å². The van der Waals surface area contributed by atoms with Crippen LogP contribution in [0.25, 0.3) is 31.8 Å². The molecule has 3 heterocycles. The van der Waals surface area contributed by atoms with Crippen molar-refractivity contribution < 1.29 is 9.13 Å². The van der Waals surface area contributed by atoms with Gasteiger partial charge in [-0.15, -0.1) is 11.3 Å². The molecular weight excluding hydrogens is 506 g/mol. The predicted molar refractivity (Wildman–Crippen MR) is 142 cm³/mol. The third-order valence-electron chi connectivity index (χ3n) is 6.43. The largest absolute Gasteiger partial charge is 0.491 e. The minimum atomic E-state index is -0.286. The van der Waals surface area contributed by atoms with Gasteiger partial charge in [0, 0.05) is 43.2 Å². The Morgan fingerprint density at radius 3 is 2.51 bits per heavy atom. The first-order chi connectivity index (χ1) is 16.9. The summed E-state index contributed by atoms with van der Waals surface area (Å²) in [5.41, 5.74) is 3.57. The predicted octanol–water partition coefficient (Wildman–Crippen LogP) is 6.41. The number of piperazine rings is 1. The van der Waals surface area contributed by atoms with Gasteiger partial charge in [0.15, 0.2) is 0 Å². The number of ether oxygens (including phenoxy) is 1. The van der Waals surface area contributed by atoms with Crippen LogP contribution in [0.4, 0.5) is 4.39 Å². The van der Waals surface area contributed by atoms with Gasteiger partial charge in [-0.1, -0.05) is 41.4 Å². The van der Waals surface area contributed by atoms with Crippen molar-refractivity contribution >= 4 is 44.8 Å². The molecule has 0 saturated carbocycles. The van der Waals surface area contributed by atoms with E-state index >= 15 is 0 Å². The summed E-state index contributed by atoms with van der Waals surface area (Å²) in [6, 6.07) is 10.3. The zero-order valence-electron chi connectivity index (χ0n) is 19.5. The van der Waals surface area contributed by atoms with E-state index in [2.05, 4.69) is 26.8 Å². The Hall–Kier alpha value is -2.29. The van der Waals surface area contributed by atoms with Gasteiger partial charge in [-0.05, 0) is 48.9 Å². The Labute approximate surface area is 218 Å². The third kappa shape index (κ3) is 5.01. The molecule has 35 heavy (non-hydrogen) atoms. The van der Waals surface area contributed by atoms with E-state index in [1.807, 2.05) is 19.1 Å². The summed E-state index contributed by atoms with van der Waals surface area (Å²) in [5.74, 6) is 0.374. The monoisotopic (exact) mass is 530 g/mol. The lowest BCUT2D eigenvalue weighted by molar-refractivity contribution is 0.134. The minimum Gasteiger partial charge on any atom is -0.491 e. The number of fused-ring (bicyclic) bond motifs is 1. The average molecular weight is 531 g/mol. The van der Waals surface area contributed by atoms with Crippen LogP contribution in [0.5, 0.6) is 5.75 Å². The van der Waals surface area contributed by atoms with E-state index in [9.17, 15) is 4.39 Å². The molecule has 2 aromatic heterocycles. The molecule has 1 saturated heterocycles. The molecule has 9 heteroatoms. The molecule has 1 aliphatic heterocycles. The van der Waals surface area contributed by atoms with Gasteiger partial charge in [0.1, 0.15) is 34.5 Å². The molecule has 0 atom stereocenters.